The number of fused-ring (bicyclic) bond motifs is 5. The molecule has 2 saturated carbocycles. The van der Waals surface area contributed by atoms with Crippen LogP contribution >= 0.6 is 55.1 Å². The van der Waals surface area contributed by atoms with Crippen molar-refractivity contribution in [1.29, 1.82) is 0 Å². The Morgan fingerprint density at radius 3 is 2.23 bits per heavy atom. The Hall–Kier alpha value is -2.01. The average Bonchev–Trinajstić information content (AvgIpc) is 3.43. The van der Waals surface area contributed by atoms with E-state index in [0.717, 1.165) is 16.4 Å². The van der Waals surface area contributed by atoms with Crippen molar-refractivity contribution in [1.82, 2.24) is 10.0 Å². The number of hydrogen-bond acceptors (Lipinski definition) is 5. The zero-order chi connectivity index (χ0) is 25.2. The van der Waals surface area contributed by atoms with Crippen LogP contribution in [0.25, 0.3) is 0 Å². The molecule has 0 spiro atoms. The van der Waals surface area contributed by atoms with Gasteiger partial charge in [-0.3, -0.25) is 24.5 Å². The van der Waals surface area contributed by atoms with Crippen molar-refractivity contribution in [2.75, 3.05) is 0 Å². The molecule has 5 rings (SSSR count). The quantitative estimate of drug-likeness (QED) is 0.192. The summed E-state index contributed by atoms with van der Waals surface area (Å²) < 4.78 is 0. The molecule has 0 unspecified atom stereocenters. The Bertz CT molecular complexity index is 1250. The van der Waals surface area contributed by atoms with Crippen molar-refractivity contribution in [3.8, 4) is 0 Å². The van der Waals surface area contributed by atoms with Crippen molar-refractivity contribution in [3.05, 3.63) is 73.8 Å². The third-order valence-electron chi connectivity index (χ3n) is 7.11. The van der Waals surface area contributed by atoms with Gasteiger partial charge in [0.05, 0.1) is 23.3 Å². The SMILES string of the molecule is O=C(c1ccccc1[N+](=O)[O-])N(Cc1ccc(Cl)cc1Cl)N1C(=O)[C@@H]2[C@H]3C[C@@H]([C@H](Br)[C@@H]3Br)[C@@H]2C1=O. The molecule has 12 heteroatoms. The minimum atomic E-state index is -0.844. The van der Waals surface area contributed by atoms with Crippen LogP contribution in [-0.4, -0.2) is 42.3 Å². The zero-order valence-electron chi connectivity index (χ0n) is 17.8. The molecule has 0 aromatic heterocycles. The topological polar surface area (TPSA) is 101 Å². The normalized spacial score (nSPS) is 29.0. The van der Waals surface area contributed by atoms with Crippen LogP contribution in [0.5, 0.6) is 0 Å². The Kier molecular flexibility index (Phi) is 6.44. The molecule has 3 aliphatic rings. The molecule has 2 bridgehead atoms. The van der Waals surface area contributed by atoms with Crippen LogP contribution in [0.15, 0.2) is 42.5 Å². The molecule has 2 aliphatic carbocycles. The number of benzene rings is 2. The lowest BCUT2D eigenvalue weighted by molar-refractivity contribution is -0.385. The number of carbonyl (C=O) groups is 3. The number of imide groups is 1. The fourth-order valence-electron chi connectivity index (χ4n) is 5.57. The molecular formula is C23H17Br2Cl2N3O5. The molecule has 0 radical (unpaired) electrons. The maximum absolute atomic E-state index is 13.7. The molecule has 2 aromatic rings. The lowest BCUT2D eigenvalue weighted by atomic mass is 9.81. The number of nitrogens with zero attached hydrogens (tertiary/aromatic N) is 3. The first kappa shape index (κ1) is 24.7. The largest absolute Gasteiger partial charge is 0.282 e. The summed E-state index contributed by atoms with van der Waals surface area (Å²) in [5.74, 6) is -3.04. The molecule has 8 nitrogen and oxygen atoms in total. The van der Waals surface area contributed by atoms with Gasteiger partial charge in [-0.15, -0.1) is 0 Å². The molecule has 1 saturated heterocycles. The third kappa shape index (κ3) is 3.89. The van der Waals surface area contributed by atoms with Crippen LogP contribution < -0.4 is 0 Å². The number of hydrogen-bond donors (Lipinski definition) is 0. The fraction of sp³-hybridized carbons (Fsp3) is 0.348. The van der Waals surface area contributed by atoms with Crippen molar-refractivity contribution >= 4 is 78.5 Å². The number of nitro groups is 1. The zero-order valence-corrected chi connectivity index (χ0v) is 22.5. The van der Waals surface area contributed by atoms with E-state index in [2.05, 4.69) is 31.9 Å². The third-order valence-corrected chi connectivity index (χ3v) is 10.9. The van der Waals surface area contributed by atoms with Crippen LogP contribution in [-0.2, 0) is 16.1 Å². The van der Waals surface area contributed by atoms with Crippen LogP contribution in [0.1, 0.15) is 22.3 Å². The average molecular weight is 646 g/mol. The van der Waals surface area contributed by atoms with E-state index < -0.39 is 40.2 Å². The Balaban J connectivity index is 1.58. The summed E-state index contributed by atoms with van der Waals surface area (Å²) in [7, 11) is 0. The molecule has 3 amide bonds. The lowest BCUT2D eigenvalue weighted by Gasteiger charge is -2.31. The number of halogens is 4. The van der Waals surface area contributed by atoms with Crippen LogP contribution in [0.3, 0.4) is 0 Å². The Morgan fingerprint density at radius 1 is 1.06 bits per heavy atom. The molecule has 182 valence electrons. The number of hydrazine groups is 1. The van der Waals surface area contributed by atoms with E-state index in [0.29, 0.717) is 10.6 Å². The summed E-state index contributed by atoms with van der Waals surface area (Å²) in [5, 5.41) is 14.1. The van der Waals surface area contributed by atoms with Crippen molar-refractivity contribution in [3.63, 3.8) is 0 Å². The van der Waals surface area contributed by atoms with Gasteiger partial charge in [-0.05, 0) is 42.0 Å². The number of alkyl halides is 2. The minimum Gasteiger partial charge on any atom is -0.272 e. The van der Waals surface area contributed by atoms with Gasteiger partial charge in [0.2, 0.25) is 0 Å². The highest BCUT2D eigenvalue weighted by Crippen LogP contribution is 2.60. The molecule has 0 N–H and O–H groups in total. The summed E-state index contributed by atoms with van der Waals surface area (Å²) >= 11 is 19.6. The van der Waals surface area contributed by atoms with Crippen molar-refractivity contribution < 1.29 is 19.3 Å². The number of nitro benzene ring substituents is 1. The Morgan fingerprint density at radius 2 is 1.66 bits per heavy atom. The summed E-state index contributed by atoms with van der Waals surface area (Å²) in [5.41, 5.74) is -0.231. The summed E-state index contributed by atoms with van der Waals surface area (Å²) in [6, 6.07) is 10.1. The predicted octanol–water partition coefficient (Wildman–Crippen LogP) is 5.24. The second-order valence-electron chi connectivity index (χ2n) is 8.86. The summed E-state index contributed by atoms with van der Waals surface area (Å²) in [4.78, 5) is 52.0. The maximum Gasteiger partial charge on any atom is 0.282 e. The van der Waals surface area contributed by atoms with E-state index >= 15 is 0 Å². The van der Waals surface area contributed by atoms with Gasteiger partial charge in [-0.2, -0.15) is 5.01 Å². The molecule has 1 heterocycles. The summed E-state index contributed by atoms with van der Waals surface area (Å²) in [6.45, 7) is -0.247. The van der Waals surface area contributed by atoms with E-state index in [1.807, 2.05) is 0 Å². The highest BCUT2D eigenvalue weighted by Gasteiger charge is 2.67. The molecule has 1 aliphatic heterocycles. The highest BCUT2D eigenvalue weighted by molar-refractivity contribution is 9.12. The smallest absolute Gasteiger partial charge is 0.272 e. The van der Waals surface area contributed by atoms with E-state index in [-0.39, 0.29) is 38.6 Å². The lowest BCUT2D eigenvalue weighted by Crippen LogP contribution is -2.50. The van der Waals surface area contributed by atoms with Gasteiger partial charge in [0.25, 0.3) is 23.4 Å². The first-order chi connectivity index (χ1) is 16.6. The summed E-state index contributed by atoms with van der Waals surface area (Å²) in [6.07, 6.45) is 0.730. The number of rotatable bonds is 5. The van der Waals surface area contributed by atoms with Gasteiger partial charge < -0.3 is 0 Å². The van der Waals surface area contributed by atoms with Crippen molar-refractivity contribution in [2.24, 2.45) is 23.7 Å². The van der Waals surface area contributed by atoms with E-state index in [1.54, 1.807) is 12.1 Å². The molecule has 2 aromatic carbocycles. The first-order valence-corrected chi connectivity index (χ1v) is 13.4. The van der Waals surface area contributed by atoms with Gasteiger partial charge in [-0.1, -0.05) is 73.3 Å². The van der Waals surface area contributed by atoms with Gasteiger partial charge in [0, 0.05) is 25.8 Å². The fourth-order valence-corrected chi connectivity index (χ4v) is 7.91. The molecule has 6 atom stereocenters. The van der Waals surface area contributed by atoms with E-state index in [9.17, 15) is 24.5 Å². The molecule has 3 fully saturated rings. The van der Waals surface area contributed by atoms with Crippen molar-refractivity contribution in [2.45, 2.75) is 22.6 Å². The van der Waals surface area contributed by atoms with Gasteiger partial charge in [0.1, 0.15) is 5.56 Å². The van der Waals surface area contributed by atoms with E-state index in [1.165, 1.54) is 30.3 Å². The Labute approximate surface area is 226 Å². The second-order valence-corrected chi connectivity index (χ2v) is 11.8. The maximum atomic E-state index is 13.7. The molecule has 35 heavy (non-hydrogen) atoms. The number of amides is 3. The standard InChI is InChI=1S/C23H17Br2Cl2N3O5/c24-19-13-8-14(20(19)25)18-17(13)22(32)29(23(18)33)28(9-10-5-6-11(26)7-15(10)27)21(31)12-3-1-2-4-16(12)30(34)35/h1-7,13-14,17-20H,8-9H2/t13-,14-,17-,18+,19-,20+/m1/s1. The predicted molar refractivity (Wildman–Crippen MR) is 135 cm³/mol. The minimum absolute atomic E-state index is 0.0236. The number of para-hydroxylation sites is 1. The van der Waals surface area contributed by atoms with Gasteiger partial charge in [0.15, 0.2) is 0 Å². The monoisotopic (exact) mass is 643 g/mol. The van der Waals surface area contributed by atoms with Crippen LogP contribution in [0.2, 0.25) is 10.0 Å². The number of carbonyl (C=O) groups excluding carboxylic acids is 3. The highest BCUT2D eigenvalue weighted by atomic mass is 79.9. The van der Waals surface area contributed by atoms with Gasteiger partial charge >= 0.3 is 0 Å². The first-order valence-electron chi connectivity index (χ1n) is 10.8. The molecular weight excluding hydrogens is 629 g/mol. The van der Waals surface area contributed by atoms with Crippen LogP contribution in [0, 0.1) is 33.8 Å². The van der Waals surface area contributed by atoms with Gasteiger partial charge in [-0.25, -0.2) is 5.01 Å². The van der Waals surface area contributed by atoms with E-state index in [4.69, 9.17) is 23.2 Å². The second kappa shape index (κ2) is 9.14. The van der Waals surface area contributed by atoms with Crippen LogP contribution in [0.4, 0.5) is 5.69 Å².